The van der Waals surface area contributed by atoms with Gasteiger partial charge in [0.15, 0.2) is 0 Å². The van der Waals surface area contributed by atoms with Crippen LogP contribution < -0.4 is 0 Å². The molecule has 19 heavy (non-hydrogen) atoms. The van der Waals surface area contributed by atoms with Gasteiger partial charge < -0.3 is 19.8 Å². The van der Waals surface area contributed by atoms with Gasteiger partial charge in [-0.15, -0.1) is 0 Å². The van der Waals surface area contributed by atoms with Crippen molar-refractivity contribution in [3.63, 3.8) is 0 Å². The summed E-state index contributed by atoms with van der Waals surface area (Å²) in [5, 5.41) is 8.68. The molecule has 1 saturated heterocycles. The van der Waals surface area contributed by atoms with Crippen LogP contribution in [0.15, 0.2) is 0 Å². The molecule has 0 radical (unpaired) electrons. The Morgan fingerprint density at radius 1 is 1.42 bits per heavy atom. The summed E-state index contributed by atoms with van der Waals surface area (Å²) < 4.78 is 0. The minimum Gasteiger partial charge on any atom is -0.481 e. The molecule has 110 valence electrons. The molecule has 1 heterocycles. The van der Waals surface area contributed by atoms with Gasteiger partial charge in [-0.05, 0) is 32.9 Å². The number of likely N-dealkylation sites (tertiary alicyclic amines) is 1. The Morgan fingerprint density at radius 3 is 2.58 bits per heavy atom. The van der Waals surface area contributed by atoms with E-state index in [4.69, 9.17) is 5.11 Å². The van der Waals surface area contributed by atoms with Crippen molar-refractivity contribution in [1.82, 2.24) is 14.7 Å². The molecule has 1 aliphatic rings. The first-order chi connectivity index (χ1) is 8.93. The van der Waals surface area contributed by atoms with Gasteiger partial charge >= 0.3 is 12.0 Å². The average molecular weight is 271 g/mol. The number of carbonyl (C=O) groups excluding carboxylic acids is 1. The van der Waals surface area contributed by atoms with Crippen LogP contribution >= 0.6 is 0 Å². The SMILES string of the molecule is CCN(CCC(=O)O)C(=O)N(C)CC1CCN(C)C1. The zero-order valence-electron chi connectivity index (χ0n) is 12.1. The van der Waals surface area contributed by atoms with Crippen LogP contribution in [0.1, 0.15) is 19.8 Å². The summed E-state index contributed by atoms with van der Waals surface area (Å²) in [6.45, 7) is 5.55. The maximum Gasteiger partial charge on any atom is 0.319 e. The van der Waals surface area contributed by atoms with Crippen molar-refractivity contribution in [2.75, 3.05) is 46.8 Å². The maximum atomic E-state index is 12.2. The maximum absolute atomic E-state index is 12.2. The molecule has 6 nitrogen and oxygen atoms in total. The number of urea groups is 1. The lowest BCUT2D eigenvalue weighted by molar-refractivity contribution is -0.137. The molecule has 0 aromatic heterocycles. The number of hydrogen-bond donors (Lipinski definition) is 1. The second kappa shape index (κ2) is 7.33. The molecule has 6 heteroatoms. The fourth-order valence-electron chi connectivity index (χ4n) is 2.50. The zero-order chi connectivity index (χ0) is 14.4. The Hall–Kier alpha value is -1.30. The monoisotopic (exact) mass is 271 g/mol. The van der Waals surface area contributed by atoms with E-state index in [1.807, 2.05) is 6.92 Å². The molecule has 2 amide bonds. The standard InChI is InChI=1S/C13H25N3O3/c1-4-16(8-6-12(17)18)13(19)15(3)10-11-5-7-14(2)9-11/h11H,4-10H2,1-3H3,(H,17,18). The fraction of sp³-hybridized carbons (Fsp3) is 0.846. The minimum absolute atomic E-state index is 0.000410. The molecule has 1 N–H and O–H groups in total. The number of carbonyl (C=O) groups is 2. The van der Waals surface area contributed by atoms with Gasteiger partial charge in [-0.3, -0.25) is 4.79 Å². The van der Waals surface area contributed by atoms with Crippen LogP contribution in [0.4, 0.5) is 4.79 Å². The highest BCUT2D eigenvalue weighted by Crippen LogP contribution is 2.15. The molecule has 0 saturated carbocycles. The Bertz CT molecular complexity index is 322. The van der Waals surface area contributed by atoms with Crippen LogP contribution in [0.3, 0.4) is 0 Å². The predicted molar refractivity (Wildman–Crippen MR) is 73.1 cm³/mol. The lowest BCUT2D eigenvalue weighted by Crippen LogP contribution is -2.44. The number of rotatable bonds is 6. The number of nitrogens with zero attached hydrogens (tertiary/aromatic N) is 3. The molecule has 0 aliphatic carbocycles. The average Bonchev–Trinajstić information content (AvgIpc) is 2.74. The lowest BCUT2D eigenvalue weighted by Gasteiger charge is -2.28. The largest absolute Gasteiger partial charge is 0.481 e. The third kappa shape index (κ3) is 5.06. The summed E-state index contributed by atoms with van der Waals surface area (Å²) in [7, 11) is 3.89. The number of amides is 2. The van der Waals surface area contributed by atoms with Crippen LogP contribution in [-0.2, 0) is 4.79 Å². The van der Waals surface area contributed by atoms with E-state index < -0.39 is 5.97 Å². The number of aliphatic carboxylic acids is 1. The number of carboxylic acids is 1. The van der Waals surface area contributed by atoms with Gasteiger partial charge in [0.1, 0.15) is 0 Å². The molecule has 1 unspecified atom stereocenters. The zero-order valence-corrected chi connectivity index (χ0v) is 12.1. The van der Waals surface area contributed by atoms with Gasteiger partial charge in [-0.2, -0.15) is 0 Å². The molecule has 1 atom stereocenters. The van der Waals surface area contributed by atoms with Gasteiger partial charge in [-0.1, -0.05) is 0 Å². The third-order valence-electron chi connectivity index (χ3n) is 3.60. The molecule has 0 spiro atoms. The van der Waals surface area contributed by atoms with E-state index in [1.54, 1.807) is 16.8 Å². The molecule has 1 aliphatic heterocycles. The van der Waals surface area contributed by atoms with Crippen molar-refractivity contribution in [3.05, 3.63) is 0 Å². The van der Waals surface area contributed by atoms with Crippen molar-refractivity contribution in [1.29, 1.82) is 0 Å². The number of hydrogen-bond acceptors (Lipinski definition) is 3. The van der Waals surface area contributed by atoms with Crippen molar-refractivity contribution in [2.45, 2.75) is 19.8 Å². The highest BCUT2D eigenvalue weighted by molar-refractivity contribution is 5.75. The summed E-state index contributed by atoms with van der Waals surface area (Å²) in [5.41, 5.74) is 0. The molecule has 1 rings (SSSR count). The van der Waals surface area contributed by atoms with Crippen LogP contribution in [0.25, 0.3) is 0 Å². The highest BCUT2D eigenvalue weighted by Gasteiger charge is 2.24. The Labute approximate surface area is 115 Å². The number of carboxylic acid groups (broad SMARTS) is 1. The van der Waals surface area contributed by atoms with Crippen LogP contribution in [0, 0.1) is 5.92 Å². The minimum atomic E-state index is -0.869. The van der Waals surface area contributed by atoms with Crippen LogP contribution in [-0.4, -0.2) is 78.6 Å². The van der Waals surface area contributed by atoms with E-state index in [0.29, 0.717) is 12.5 Å². The van der Waals surface area contributed by atoms with Crippen LogP contribution in [0.2, 0.25) is 0 Å². The van der Waals surface area contributed by atoms with Crippen molar-refractivity contribution in [3.8, 4) is 0 Å². The first-order valence-corrected chi connectivity index (χ1v) is 6.84. The third-order valence-corrected chi connectivity index (χ3v) is 3.60. The summed E-state index contributed by atoms with van der Waals surface area (Å²) >= 11 is 0. The molecular formula is C13H25N3O3. The lowest BCUT2D eigenvalue weighted by atomic mass is 10.1. The van der Waals surface area contributed by atoms with E-state index in [1.165, 1.54) is 0 Å². The first-order valence-electron chi connectivity index (χ1n) is 6.84. The highest BCUT2D eigenvalue weighted by atomic mass is 16.4. The summed E-state index contributed by atoms with van der Waals surface area (Å²) in [6, 6.07) is -0.0710. The van der Waals surface area contributed by atoms with E-state index >= 15 is 0 Å². The van der Waals surface area contributed by atoms with E-state index in [0.717, 1.165) is 26.1 Å². The normalized spacial score (nSPS) is 19.4. The van der Waals surface area contributed by atoms with Gasteiger partial charge in [0.05, 0.1) is 6.42 Å². The smallest absolute Gasteiger partial charge is 0.319 e. The summed E-state index contributed by atoms with van der Waals surface area (Å²) in [5.74, 6) is -0.344. The fourth-order valence-corrected chi connectivity index (χ4v) is 2.50. The van der Waals surface area contributed by atoms with E-state index in [2.05, 4.69) is 11.9 Å². The summed E-state index contributed by atoms with van der Waals surface area (Å²) in [6.07, 6.45) is 1.12. The second-order valence-electron chi connectivity index (χ2n) is 5.30. The van der Waals surface area contributed by atoms with Gasteiger partial charge in [-0.25, -0.2) is 4.79 Å². The van der Waals surface area contributed by atoms with Gasteiger partial charge in [0.25, 0.3) is 0 Å². The summed E-state index contributed by atoms with van der Waals surface area (Å²) in [4.78, 5) is 28.3. The van der Waals surface area contributed by atoms with Gasteiger partial charge in [0, 0.05) is 33.2 Å². The first kappa shape index (κ1) is 15.8. The molecule has 1 fully saturated rings. The van der Waals surface area contributed by atoms with Crippen molar-refractivity contribution in [2.24, 2.45) is 5.92 Å². The molecule has 0 bridgehead atoms. The van der Waals surface area contributed by atoms with E-state index in [-0.39, 0.29) is 19.0 Å². The molecule has 0 aromatic carbocycles. The van der Waals surface area contributed by atoms with Gasteiger partial charge in [0.2, 0.25) is 0 Å². The Kier molecular flexibility index (Phi) is 6.08. The molecule has 0 aromatic rings. The Balaban J connectivity index is 2.42. The van der Waals surface area contributed by atoms with Crippen molar-refractivity contribution >= 4 is 12.0 Å². The predicted octanol–water partition coefficient (Wildman–Crippen LogP) is 0.787. The van der Waals surface area contributed by atoms with E-state index in [9.17, 15) is 9.59 Å². The Morgan fingerprint density at radius 2 is 2.11 bits per heavy atom. The van der Waals surface area contributed by atoms with Crippen molar-refractivity contribution < 1.29 is 14.7 Å². The topological polar surface area (TPSA) is 64.1 Å². The second-order valence-corrected chi connectivity index (χ2v) is 5.30. The van der Waals surface area contributed by atoms with Crippen LogP contribution in [0.5, 0.6) is 0 Å². The quantitative estimate of drug-likeness (QED) is 0.775. The molecular weight excluding hydrogens is 246 g/mol.